The molecule has 0 aliphatic rings. The largest absolute Gasteiger partial charge is 0.456 e. The molecule has 0 amide bonds. The molecular weight excluding hydrogens is 366 g/mol. The van der Waals surface area contributed by atoms with Crippen molar-refractivity contribution in [2.45, 2.75) is 0 Å². The minimum absolute atomic E-state index is 0.892. The van der Waals surface area contributed by atoms with Crippen LogP contribution in [0.3, 0.4) is 0 Å². The molecule has 6 rings (SSSR count). The summed E-state index contributed by atoms with van der Waals surface area (Å²) in [5, 5.41) is 8.43. The van der Waals surface area contributed by atoms with Crippen LogP contribution in [0, 0.1) is 0 Å². The Kier molecular flexibility index (Phi) is 3.82. The topological polar surface area (TPSA) is 25.2 Å². The molecule has 0 atom stereocenters. The van der Waals surface area contributed by atoms with E-state index in [0.29, 0.717) is 0 Å². The summed E-state index contributed by atoms with van der Waals surface area (Å²) in [6.45, 7) is 0. The van der Waals surface area contributed by atoms with Crippen LogP contribution < -0.4 is 5.32 Å². The molecule has 5 aromatic carbocycles. The Morgan fingerprint density at radius 3 is 2.07 bits per heavy atom. The fourth-order valence-corrected chi connectivity index (χ4v) is 4.31. The average Bonchev–Trinajstić information content (AvgIpc) is 3.19. The highest BCUT2D eigenvalue weighted by atomic mass is 16.3. The number of hydrogen-bond acceptors (Lipinski definition) is 2. The highest BCUT2D eigenvalue weighted by molar-refractivity contribution is 6.12. The molecule has 0 bridgehead atoms. The van der Waals surface area contributed by atoms with Crippen molar-refractivity contribution in [3.8, 4) is 11.1 Å². The second-order valence-corrected chi connectivity index (χ2v) is 7.47. The summed E-state index contributed by atoms with van der Waals surface area (Å²) >= 11 is 0. The van der Waals surface area contributed by atoms with Crippen LogP contribution in [0.25, 0.3) is 43.8 Å². The van der Waals surface area contributed by atoms with Gasteiger partial charge in [0, 0.05) is 16.6 Å². The van der Waals surface area contributed by atoms with Crippen LogP contribution in [0.5, 0.6) is 0 Å². The molecular formula is C28H19NO. The lowest BCUT2D eigenvalue weighted by atomic mass is 9.97. The lowest BCUT2D eigenvalue weighted by Gasteiger charge is -2.15. The number of hydrogen-bond donors (Lipinski definition) is 1. The lowest BCUT2D eigenvalue weighted by molar-refractivity contribution is 0.669. The Morgan fingerprint density at radius 1 is 0.467 bits per heavy atom. The fraction of sp³-hybridized carbons (Fsp3) is 0. The second kappa shape index (κ2) is 6.78. The van der Waals surface area contributed by atoms with E-state index in [1.807, 2.05) is 24.3 Å². The summed E-state index contributed by atoms with van der Waals surface area (Å²) in [5.74, 6) is 0. The smallest absolute Gasteiger partial charge is 0.137 e. The Morgan fingerprint density at radius 2 is 1.10 bits per heavy atom. The van der Waals surface area contributed by atoms with Crippen molar-refractivity contribution in [2.75, 3.05) is 5.32 Å². The van der Waals surface area contributed by atoms with E-state index >= 15 is 0 Å². The Bertz CT molecular complexity index is 1520. The van der Waals surface area contributed by atoms with Crippen molar-refractivity contribution < 1.29 is 4.42 Å². The van der Waals surface area contributed by atoms with Gasteiger partial charge in [-0.1, -0.05) is 84.9 Å². The molecule has 0 aliphatic carbocycles. The molecule has 2 heteroatoms. The molecule has 0 fully saturated rings. The third kappa shape index (κ3) is 2.66. The molecule has 0 saturated carbocycles. The van der Waals surface area contributed by atoms with Crippen molar-refractivity contribution >= 4 is 44.1 Å². The van der Waals surface area contributed by atoms with E-state index in [2.05, 4.69) is 90.2 Å². The van der Waals surface area contributed by atoms with Crippen LogP contribution >= 0.6 is 0 Å². The van der Waals surface area contributed by atoms with Crippen LogP contribution in [0.2, 0.25) is 0 Å². The van der Waals surface area contributed by atoms with Crippen molar-refractivity contribution in [1.82, 2.24) is 0 Å². The van der Waals surface area contributed by atoms with Gasteiger partial charge in [-0.25, -0.2) is 0 Å². The predicted octanol–water partition coefficient (Wildman–Crippen LogP) is 8.15. The molecule has 1 heterocycles. The molecule has 0 aliphatic heterocycles. The molecule has 0 unspecified atom stereocenters. The van der Waals surface area contributed by atoms with Crippen molar-refractivity contribution in [2.24, 2.45) is 0 Å². The van der Waals surface area contributed by atoms with Crippen molar-refractivity contribution in [3.05, 3.63) is 109 Å². The summed E-state index contributed by atoms with van der Waals surface area (Å²) in [4.78, 5) is 0. The zero-order chi connectivity index (χ0) is 19.9. The monoisotopic (exact) mass is 385 g/mol. The van der Waals surface area contributed by atoms with Crippen LogP contribution in [0.4, 0.5) is 11.4 Å². The van der Waals surface area contributed by atoms with E-state index in [1.165, 1.54) is 21.9 Å². The molecule has 0 radical (unpaired) electrons. The van der Waals surface area contributed by atoms with Crippen LogP contribution in [-0.4, -0.2) is 0 Å². The maximum absolute atomic E-state index is 6.06. The third-order valence-electron chi connectivity index (χ3n) is 5.68. The number of para-hydroxylation sites is 2. The first-order valence-corrected chi connectivity index (χ1v) is 10.1. The quantitative estimate of drug-likeness (QED) is 0.332. The zero-order valence-corrected chi connectivity index (χ0v) is 16.3. The Balaban J connectivity index is 1.54. The van der Waals surface area contributed by atoms with E-state index in [1.54, 1.807) is 0 Å². The molecule has 1 aromatic heterocycles. The zero-order valence-electron chi connectivity index (χ0n) is 16.3. The van der Waals surface area contributed by atoms with Gasteiger partial charge in [-0.05, 0) is 40.6 Å². The van der Waals surface area contributed by atoms with Gasteiger partial charge in [-0.15, -0.1) is 0 Å². The number of benzene rings is 5. The van der Waals surface area contributed by atoms with Crippen molar-refractivity contribution in [3.63, 3.8) is 0 Å². The minimum atomic E-state index is 0.892. The highest BCUT2D eigenvalue weighted by Gasteiger charge is 2.13. The predicted molar refractivity (Wildman–Crippen MR) is 126 cm³/mol. The summed E-state index contributed by atoms with van der Waals surface area (Å²) < 4.78 is 6.06. The van der Waals surface area contributed by atoms with Gasteiger partial charge in [-0.2, -0.15) is 0 Å². The molecule has 0 spiro atoms. The Labute approximate surface area is 174 Å². The van der Waals surface area contributed by atoms with Gasteiger partial charge in [0.05, 0.1) is 11.1 Å². The number of rotatable bonds is 3. The Hall–Kier alpha value is -4.04. The van der Waals surface area contributed by atoms with Gasteiger partial charge in [0.2, 0.25) is 0 Å². The molecule has 2 nitrogen and oxygen atoms in total. The summed E-state index contributed by atoms with van der Waals surface area (Å²) in [6.07, 6.45) is 0. The van der Waals surface area contributed by atoms with E-state index in [4.69, 9.17) is 4.42 Å². The number of furan rings is 1. The van der Waals surface area contributed by atoms with Crippen LogP contribution in [0.15, 0.2) is 114 Å². The molecule has 30 heavy (non-hydrogen) atoms. The van der Waals surface area contributed by atoms with Gasteiger partial charge in [0.15, 0.2) is 0 Å². The molecule has 0 saturated heterocycles. The van der Waals surface area contributed by atoms with Gasteiger partial charge in [0.1, 0.15) is 11.2 Å². The summed E-state index contributed by atoms with van der Waals surface area (Å²) in [5.41, 5.74) is 6.32. The first-order valence-electron chi connectivity index (χ1n) is 10.1. The van der Waals surface area contributed by atoms with Gasteiger partial charge < -0.3 is 9.73 Å². The average molecular weight is 385 g/mol. The van der Waals surface area contributed by atoms with Crippen molar-refractivity contribution in [1.29, 1.82) is 0 Å². The van der Waals surface area contributed by atoms with Gasteiger partial charge in [0.25, 0.3) is 0 Å². The third-order valence-corrected chi connectivity index (χ3v) is 5.68. The fourth-order valence-electron chi connectivity index (χ4n) is 4.31. The van der Waals surface area contributed by atoms with E-state index < -0.39 is 0 Å². The van der Waals surface area contributed by atoms with Gasteiger partial charge in [-0.3, -0.25) is 0 Å². The standard InChI is InChI=1S/C28H19NO/c1-2-11-20-19(9-1)10-7-14-21(20)22-12-3-5-15-24(22)29-25-16-8-18-27-28(25)23-13-4-6-17-26(23)30-27/h1-18,29H. The number of fused-ring (bicyclic) bond motifs is 4. The minimum Gasteiger partial charge on any atom is -0.456 e. The first kappa shape index (κ1) is 16.9. The summed E-state index contributed by atoms with van der Waals surface area (Å²) in [7, 11) is 0. The first-order chi connectivity index (χ1) is 14.9. The van der Waals surface area contributed by atoms with Crippen LogP contribution in [0.1, 0.15) is 0 Å². The summed E-state index contributed by atoms with van der Waals surface area (Å²) in [6, 6.07) is 37.9. The molecule has 1 N–H and O–H groups in total. The number of anilines is 2. The van der Waals surface area contributed by atoms with E-state index in [9.17, 15) is 0 Å². The maximum Gasteiger partial charge on any atom is 0.137 e. The van der Waals surface area contributed by atoms with Gasteiger partial charge >= 0.3 is 0 Å². The number of nitrogens with one attached hydrogen (secondary N) is 1. The molecule has 142 valence electrons. The SMILES string of the molecule is c1ccc(-c2cccc3ccccc23)c(Nc2cccc3oc4ccccc4c23)c1. The maximum atomic E-state index is 6.06. The second-order valence-electron chi connectivity index (χ2n) is 7.47. The van der Waals surface area contributed by atoms with E-state index in [0.717, 1.165) is 33.3 Å². The molecule has 6 aromatic rings. The highest BCUT2D eigenvalue weighted by Crippen LogP contribution is 2.39. The van der Waals surface area contributed by atoms with Crippen LogP contribution in [-0.2, 0) is 0 Å². The lowest BCUT2D eigenvalue weighted by Crippen LogP contribution is -1.94. The van der Waals surface area contributed by atoms with E-state index in [-0.39, 0.29) is 0 Å². The normalized spacial score (nSPS) is 11.3.